The molecule has 0 amide bonds. The number of nitro benzene ring substituents is 1. The van der Waals surface area contributed by atoms with Crippen molar-refractivity contribution in [1.29, 1.82) is 0 Å². The SMILES string of the molecule is Nc1cc2cc(Br)c([N+](=O)[O-])cc2s1. The fraction of sp³-hybridized carbons (Fsp3) is 0. The first kappa shape index (κ1) is 9.42. The predicted octanol–water partition coefficient (Wildman–Crippen LogP) is 3.15. The van der Waals surface area contributed by atoms with Crippen LogP contribution in [0.15, 0.2) is 22.7 Å². The third-order valence-corrected chi connectivity index (χ3v) is 3.36. The van der Waals surface area contributed by atoms with Gasteiger partial charge in [-0.05, 0) is 33.4 Å². The number of nitro groups is 1. The zero-order valence-electron chi connectivity index (χ0n) is 6.86. The Hall–Kier alpha value is -1.14. The number of anilines is 1. The number of fused-ring (bicyclic) bond motifs is 1. The summed E-state index contributed by atoms with van der Waals surface area (Å²) < 4.78 is 1.31. The normalized spacial score (nSPS) is 10.6. The lowest BCUT2D eigenvalue weighted by Crippen LogP contribution is -1.88. The predicted molar refractivity (Wildman–Crippen MR) is 60.6 cm³/mol. The third kappa shape index (κ3) is 1.46. The van der Waals surface area contributed by atoms with Crippen molar-refractivity contribution in [2.45, 2.75) is 0 Å². The minimum Gasteiger partial charge on any atom is -0.391 e. The summed E-state index contributed by atoms with van der Waals surface area (Å²) in [6.45, 7) is 0. The molecule has 4 nitrogen and oxygen atoms in total. The molecular weight excluding hydrogens is 268 g/mol. The molecule has 14 heavy (non-hydrogen) atoms. The molecule has 0 bridgehead atoms. The highest BCUT2D eigenvalue weighted by molar-refractivity contribution is 9.10. The lowest BCUT2D eigenvalue weighted by molar-refractivity contribution is -0.385. The maximum absolute atomic E-state index is 10.6. The van der Waals surface area contributed by atoms with Gasteiger partial charge in [-0.2, -0.15) is 0 Å². The number of nitrogen functional groups attached to an aromatic ring is 1. The monoisotopic (exact) mass is 272 g/mol. The summed E-state index contributed by atoms with van der Waals surface area (Å²) in [6, 6.07) is 5.04. The lowest BCUT2D eigenvalue weighted by atomic mass is 10.2. The zero-order chi connectivity index (χ0) is 10.3. The van der Waals surface area contributed by atoms with Gasteiger partial charge < -0.3 is 5.73 Å². The molecule has 1 heterocycles. The van der Waals surface area contributed by atoms with Crippen LogP contribution in [0.1, 0.15) is 0 Å². The molecule has 1 aromatic heterocycles. The standard InChI is InChI=1S/C8H5BrN2O2S/c9-5-1-4-2-8(10)14-7(4)3-6(5)11(12)13/h1-3H,10H2. The summed E-state index contributed by atoms with van der Waals surface area (Å²) in [5.41, 5.74) is 5.67. The van der Waals surface area contributed by atoms with Crippen molar-refractivity contribution in [2.24, 2.45) is 0 Å². The van der Waals surface area contributed by atoms with Crippen LogP contribution in [0.25, 0.3) is 10.1 Å². The Balaban J connectivity index is 2.76. The van der Waals surface area contributed by atoms with Crippen molar-refractivity contribution >= 4 is 48.0 Å². The number of benzene rings is 1. The smallest absolute Gasteiger partial charge is 0.284 e. The zero-order valence-corrected chi connectivity index (χ0v) is 9.26. The average Bonchev–Trinajstić information content (AvgIpc) is 2.42. The molecular formula is C8H5BrN2O2S. The molecule has 72 valence electrons. The van der Waals surface area contributed by atoms with E-state index in [-0.39, 0.29) is 5.69 Å². The molecule has 0 aliphatic rings. The Labute approximate surface area is 91.6 Å². The van der Waals surface area contributed by atoms with E-state index < -0.39 is 4.92 Å². The van der Waals surface area contributed by atoms with E-state index in [1.807, 2.05) is 0 Å². The molecule has 0 aliphatic carbocycles. The van der Waals surface area contributed by atoms with Gasteiger partial charge in [-0.25, -0.2) is 0 Å². The van der Waals surface area contributed by atoms with Crippen molar-refractivity contribution in [2.75, 3.05) is 5.73 Å². The van der Waals surface area contributed by atoms with Crippen LogP contribution in [0.4, 0.5) is 10.7 Å². The number of hydrogen-bond acceptors (Lipinski definition) is 4. The first-order valence-corrected chi connectivity index (χ1v) is 5.32. The third-order valence-electron chi connectivity index (χ3n) is 1.80. The number of halogens is 1. The molecule has 0 saturated carbocycles. The number of nitrogens with two attached hydrogens (primary N) is 1. The van der Waals surface area contributed by atoms with Crippen LogP contribution in [-0.2, 0) is 0 Å². The van der Waals surface area contributed by atoms with Crippen LogP contribution in [-0.4, -0.2) is 4.92 Å². The Morgan fingerprint density at radius 1 is 1.43 bits per heavy atom. The van der Waals surface area contributed by atoms with E-state index in [4.69, 9.17) is 5.73 Å². The van der Waals surface area contributed by atoms with Gasteiger partial charge in [0.15, 0.2) is 0 Å². The first-order valence-electron chi connectivity index (χ1n) is 3.71. The number of thiophene rings is 1. The Bertz CT molecular complexity index is 523. The van der Waals surface area contributed by atoms with Gasteiger partial charge in [0.1, 0.15) is 0 Å². The summed E-state index contributed by atoms with van der Waals surface area (Å²) in [4.78, 5) is 10.2. The average molecular weight is 273 g/mol. The van der Waals surface area contributed by atoms with Crippen LogP contribution >= 0.6 is 27.3 Å². The fourth-order valence-corrected chi connectivity index (χ4v) is 2.56. The van der Waals surface area contributed by atoms with E-state index in [2.05, 4.69) is 15.9 Å². The summed E-state index contributed by atoms with van der Waals surface area (Å²) in [5, 5.41) is 12.2. The Kier molecular flexibility index (Phi) is 2.16. The number of nitrogens with zero attached hydrogens (tertiary/aromatic N) is 1. The molecule has 2 aromatic rings. The van der Waals surface area contributed by atoms with Gasteiger partial charge >= 0.3 is 0 Å². The maximum Gasteiger partial charge on any atom is 0.284 e. The molecule has 0 fully saturated rings. The van der Waals surface area contributed by atoms with Crippen molar-refractivity contribution in [3.8, 4) is 0 Å². The second kappa shape index (κ2) is 3.21. The summed E-state index contributed by atoms with van der Waals surface area (Å²) in [7, 11) is 0. The van der Waals surface area contributed by atoms with E-state index in [1.54, 1.807) is 12.1 Å². The molecule has 0 unspecified atom stereocenters. The summed E-state index contributed by atoms with van der Waals surface area (Å²) in [5.74, 6) is 0. The molecule has 2 N–H and O–H groups in total. The van der Waals surface area contributed by atoms with Gasteiger partial charge in [0, 0.05) is 10.8 Å². The second-order valence-corrected chi connectivity index (χ2v) is 4.72. The highest BCUT2D eigenvalue weighted by Crippen LogP contribution is 2.35. The van der Waals surface area contributed by atoms with Gasteiger partial charge in [-0.3, -0.25) is 10.1 Å². The quantitative estimate of drug-likeness (QED) is 0.641. The Morgan fingerprint density at radius 2 is 2.14 bits per heavy atom. The minimum atomic E-state index is -0.417. The highest BCUT2D eigenvalue weighted by atomic mass is 79.9. The van der Waals surface area contributed by atoms with Gasteiger partial charge in [-0.1, -0.05) is 0 Å². The van der Waals surface area contributed by atoms with Gasteiger partial charge in [0.05, 0.1) is 14.4 Å². The van der Waals surface area contributed by atoms with E-state index in [0.717, 1.165) is 10.1 Å². The Morgan fingerprint density at radius 3 is 2.79 bits per heavy atom. The summed E-state index contributed by atoms with van der Waals surface area (Å²) >= 11 is 4.49. The van der Waals surface area contributed by atoms with E-state index in [9.17, 15) is 10.1 Å². The molecule has 0 radical (unpaired) electrons. The van der Waals surface area contributed by atoms with Gasteiger partial charge in [0.2, 0.25) is 0 Å². The molecule has 6 heteroatoms. The molecule has 2 rings (SSSR count). The van der Waals surface area contributed by atoms with Gasteiger partial charge in [-0.15, -0.1) is 11.3 Å². The fourth-order valence-electron chi connectivity index (χ4n) is 1.21. The van der Waals surface area contributed by atoms with Crippen molar-refractivity contribution in [3.63, 3.8) is 0 Å². The molecule has 1 aromatic carbocycles. The van der Waals surface area contributed by atoms with Crippen molar-refractivity contribution < 1.29 is 4.92 Å². The van der Waals surface area contributed by atoms with E-state index >= 15 is 0 Å². The molecule has 0 saturated heterocycles. The van der Waals surface area contributed by atoms with Crippen LogP contribution in [0.3, 0.4) is 0 Å². The van der Waals surface area contributed by atoms with Crippen LogP contribution in [0, 0.1) is 10.1 Å². The second-order valence-electron chi connectivity index (χ2n) is 2.75. The topological polar surface area (TPSA) is 69.2 Å². The molecule has 0 atom stereocenters. The number of rotatable bonds is 1. The summed E-state index contributed by atoms with van der Waals surface area (Å²) in [6.07, 6.45) is 0. The number of hydrogen-bond donors (Lipinski definition) is 1. The molecule has 0 spiro atoms. The largest absolute Gasteiger partial charge is 0.391 e. The van der Waals surface area contributed by atoms with Crippen LogP contribution in [0.2, 0.25) is 0 Å². The van der Waals surface area contributed by atoms with Crippen LogP contribution < -0.4 is 5.73 Å². The van der Waals surface area contributed by atoms with Crippen LogP contribution in [0.5, 0.6) is 0 Å². The van der Waals surface area contributed by atoms with E-state index in [1.165, 1.54) is 17.4 Å². The van der Waals surface area contributed by atoms with Crippen molar-refractivity contribution in [3.05, 3.63) is 32.8 Å². The van der Waals surface area contributed by atoms with Gasteiger partial charge in [0.25, 0.3) is 5.69 Å². The molecule has 0 aliphatic heterocycles. The van der Waals surface area contributed by atoms with Crippen molar-refractivity contribution in [1.82, 2.24) is 0 Å². The maximum atomic E-state index is 10.6. The highest BCUT2D eigenvalue weighted by Gasteiger charge is 2.13. The minimum absolute atomic E-state index is 0.0688. The lowest BCUT2D eigenvalue weighted by Gasteiger charge is -1.94. The van der Waals surface area contributed by atoms with E-state index in [0.29, 0.717) is 9.47 Å². The first-order chi connectivity index (χ1) is 6.58.